The zero-order chi connectivity index (χ0) is 38.1. The Hall–Kier alpha value is -0.560. The van der Waals surface area contributed by atoms with Crippen LogP contribution in [-0.2, 0) is 23.7 Å². The lowest BCUT2D eigenvalue weighted by Gasteiger charge is -2.66. The Labute approximate surface area is 307 Å². The van der Waals surface area contributed by atoms with Crippen LogP contribution in [0.15, 0.2) is 0 Å². The highest BCUT2D eigenvalue weighted by Gasteiger charge is 2.71. The van der Waals surface area contributed by atoms with E-state index in [-0.39, 0.29) is 42.8 Å². The summed E-state index contributed by atoms with van der Waals surface area (Å²) in [7, 11) is 1.40. The Balaban J connectivity index is 1.13. The Kier molecular flexibility index (Phi) is 12.2. The molecule has 0 aromatic carbocycles. The highest BCUT2D eigenvalue weighted by molar-refractivity contribution is 5.21. The number of methoxy groups -OCH3 is 1. The summed E-state index contributed by atoms with van der Waals surface area (Å²) in [5, 5.41) is 99.3. The highest BCUT2D eigenvalue weighted by atomic mass is 16.8. The molecule has 6 aliphatic rings. The normalized spacial score (nSPS) is 53.3. The molecule has 21 atom stereocenters. The van der Waals surface area contributed by atoms with Crippen LogP contribution in [0.2, 0.25) is 0 Å². The molecular formula is C38H66O14. The Bertz CT molecular complexity index is 1210. The molecule has 4 aliphatic carbocycles. The van der Waals surface area contributed by atoms with Crippen LogP contribution in [0.1, 0.15) is 86.0 Å². The van der Waals surface area contributed by atoms with Crippen molar-refractivity contribution in [3.63, 3.8) is 0 Å². The van der Waals surface area contributed by atoms with E-state index in [2.05, 4.69) is 13.8 Å². The monoisotopic (exact) mass is 746 g/mol. The molecule has 52 heavy (non-hydrogen) atoms. The largest absolute Gasteiger partial charge is 0.394 e. The van der Waals surface area contributed by atoms with Gasteiger partial charge in [0.25, 0.3) is 0 Å². The Morgan fingerprint density at radius 2 is 1.50 bits per heavy atom. The van der Waals surface area contributed by atoms with Gasteiger partial charge in [0.1, 0.15) is 36.6 Å². The van der Waals surface area contributed by atoms with Gasteiger partial charge in [0.15, 0.2) is 12.6 Å². The summed E-state index contributed by atoms with van der Waals surface area (Å²) < 4.78 is 29.1. The maximum atomic E-state index is 12.6. The van der Waals surface area contributed by atoms with E-state index in [1.54, 1.807) is 0 Å². The number of hydrogen-bond donors (Lipinski definition) is 9. The van der Waals surface area contributed by atoms with Crippen molar-refractivity contribution in [2.24, 2.45) is 46.3 Å². The maximum absolute atomic E-state index is 12.6. The van der Waals surface area contributed by atoms with E-state index in [1.165, 1.54) is 7.11 Å². The molecule has 0 amide bonds. The van der Waals surface area contributed by atoms with Gasteiger partial charge >= 0.3 is 0 Å². The van der Waals surface area contributed by atoms with Crippen molar-refractivity contribution in [2.45, 2.75) is 171 Å². The minimum atomic E-state index is -1.45. The predicted octanol–water partition coefficient (Wildman–Crippen LogP) is 0.0474. The van der Waals surface area contributed by atoms with E-state index in [0.717, 1.165) is 12.8 Å². The SMILES string of the molecule is COC1COC(OC2C(OC(CCC(C)C3CC(O)C4C3(C)CCC3C5(C)CCC(O)C(O)C5C(O)CC34O)C(C)C)OC(CO)C2O)C(O)C1O. The van der Waals surface area contributed by atoms with E-state index in [0.29, 0.717) is 32.1 Å². The summed E-state index contributed by atoms with van der Waals surface area (Å²) in [6, 6.07) is 0. The van der Waals surface area contributed by atoms with Crippen molar-refractivity contribution in [3.8, 4) is 0 Å². The highest BCUT2D eigenvalue weighted by Crippen LogP contribution is 2.70. The number of aliphatic hydroxyl groups is 9. The minimum absolute atomic E-state index is 0.0259. The fourth-order valence-electron chi connectivity index (χ4n) is 12.2. The van der Waals surface area contributed by atoms with Gasteiger partial charge in [0.05, 0.1) is 49.3 Å². The molecule has 302 valence electrons. The lowest BCUT2D eigenvalue weighted by molar-refractivity contribution is -0.309. The van der Waals surface area contributed by atoms with Gasteiger partial charge in [0.2, 0.25) is 0 Å². The molecule has 4 saturated carbocycles. The first kappa shape index (κ1) is 41.1. The van der Waals surface area contributed by atoms with E-state index in [4.69, 9.17) is 23.7 Å². The van der Waals surface area contributed by atoms with Crippen LogP contribution in [-0.4, -0.2) is 152 Å². The number of aliphatic hydroxyl groups excluding tert-OH is 8. The van der Waals surface area contributed by atoms with Crippen LogP contribution < -0.4 is 0 Å². The molecule has 21 unspecified atom stereocenters. The van der Waals surface area contributed by atoms with Crippen LogP contribution >= 0.6 is 0 Å². The first-order valence-electron chi connectivity index (χ1n) is 19.6. The number of hydrogen-bond acceptors (Lipinski definition) is 14. The molecule has 2 heterocycles. The average Bonchev–Trinajstić information content (AvgIpc) is 3.54. The zero-order valence-corrected chi connectivity index (χ0v) is 31.6. The Morgan fingerprint density at radius 1 is 0.808 bits per heavy atom. The predicted molar refractivity (Wildman–Crippen MR) is 184 cm³/mol. The maximum Gasteiger partial charge on any atom is 0.187 e. The molecule has 0 radical (unpaired) electrons. The molecule has 2 aliphatic heterocycles. The summed E-state index contributed by atoms with van der Waals surface area (Å²) in [6.45, 7) is 9.91. The van der Waals surface area contributed by atoms with Crippen LogP contribution in [0.4, 0.5) is 0 Å². The summed E-state index contributed by atoms with van der Waals surface area (Å²) >= 11 is 0. The zero-order valence-electron chi connectivity index (χ0n) is 31.6. The van der Waals surface area contributed by atoms with Crippen molar-refractivity contribution in [1.29, 1.82) is 0 Å². The quantitative estimate of drug-likeness (QED) is 0.136. The number of fused-ring (bicyclic) bond motifs is 5. The van der Waals surface area contributed by atoms with Crippen LogP contribution in [0.25, 0.3) is 0 Å². The molecule has 14 nitrogen and oxygen atoms in total. The number of ether oxygens (including phenoxy) is 5. The smallest absolute Gasteiger partial charge is 0.187 e. The third-order valence-corrected chi connectivity index (χ3v) is 14.9. The second kappa shape index (κ2) is 15.4. The van der Waals surface area contributed by atoms with Crippen LogP contribution in [0.3, 0.4) is 0 Å². The lowest BCUT2D eigenvalue weighted by Crippen LogP contribution is -2.70. The summed E-state index contributed by atoms with van der Waals surface area (Å²) in [4.78, 5) is 0. The molecule has 0 spiro atoms. The van der Waals surface area contributed by atoms with Crippen molar-refractivity contribution in [3.05, 3.63) is 0 Å². The molecule has 14 heteroatoms. The van der Waals surface area contributed by atoms with Gasteiger partial charge in [-0.3, -0.25) is 0 Å². The van der Waals surface area contributed by atoms with Gasteiger partial charge in [-0.1, -0.05) is 34.6 Å². The Morgan fingerprint density at radius 3 is 2.15 bits per heavy atom. The standard InChI is InChI=1S/C38H66O14/c1-17(2)23(50-35-32(30(45)24(15-39)51-35)52-34-31(46)29(44)25(48-6)16-49-34)8-7-18(3)19-13-21(41)33-36(19,4)12-10-26-37(5)11-9-20(40)28(43)27(37)22(42)14-38(26,33)47/h17-35,39-47H,7-16H2,1-6H3. The van der Waals surface area contributed by atoms with Crippen molar-refractivity contribution >= 4 is 0 Å². The van der Waals surface area contributed by atoms with Crippen molar-refractivity contribution in [1.82, 2.24) is 0 Å². The van der Waals surface area contributed by atoms with E-state index in [9.17, 15) is 46.0 Å². The van der Waals surface area contributed by atoms with Gasteiger partial charge in [-0.2, -0.15) is 0 Å². The fourth-order valence-corrected chi connectivity index (χ4v) is 12.2. The average molecular weight is 747 g/mol. The van der Waals surface area contributed by atoms with Gasteiger partial charge in [-0.15, -0.1) is 0 Å². The molecule has 0 aromatic heterocycles. The molecule has 0 aromatic rings. The second-order valence-electron chi connectivity index (χ2n) is 18.1. The second-order valence-corrected chi connectivity index (χ2v) is 18.1. The van der Waals surface area contributed by atoms with Crippen LogP contribution in [0.5, 0.6) is 0 Å². The molecule has 0 bridgehead atoms. The molecule has 2 saturated heterocycles. The van der Waals surface area contributed by atoms with Crippen molar-refractivity contribution < 1.29 is 69.6 Å². The third-order valence-electron chi connectivity index (χ3n) is 14.9. The first-order valence-corrected chi connectivity index (χ1v) is 19.6. The molecular weight excluding hydrogens is 680 g/mol. The van der Waals surface area contributed by atoms with E-state index in [1.807, 2.05) is 20.8 Å². The summed E-state index contributed by atoms with van der Waals surface area (Å²) in [6.07, 6.45) is -8.89. The van der Waals surface area contributed by atoms with Gasteiger partial charge < -0.3 is 69.6 Å². The van der Waals surface area contributed by atoms with Gasteiger partial charge in [0, 0.05) is 25.4 Å². The van der Waals surface area contributed by atoms with Gasteiger partial charge in [-0.05, 0) is 79.4 Å². The molecule has 6 fully saturated rings. The van der Waals surface area contributed by atoms with Crippen LogP contribution in [0, 0.1) is 46.3 Å². The van der Waals surface area contributed by atoms with E-state index < -0.39 is 108 Å². The minimum Gasteiger partial charge on any atom is -0.394 e. The van der Waals surface area contributed by atoms with Crippen molar-refractivity contribution in [2.75, 3.05) is 20.3 Å². The lowest BCUT2D eigenvalue weighted by atomic mass is 9.41. The summed E-state index contributed by atoms with van der Waals surface area (Å²) in [5.41, 5.74) is -2.28. The third kappa shape index (κ3) is 6.82. The van der Waals surface area contributed by atoms with Gasteiger partial charge in [-0.25, -0.2) is 0 Å². The first-order chi connectivity index (χ1) is 24.4. The number of rotatable bonds is 11. The molecule has 6 rings (SSSR count). The summed E-state index contributed by atoms with van der Waals surface area (Å²) in [5.74, 6) is -0.968. The van der Waals surface area contributed by atoms with E-state index >= 15 is 0 Å². The fraction of sp³-hybridized carbons (Fsp3) is 1.00. The topological polar surface area (TPSA) is 228 Å². The molecule has 9 N–H and O–H groups in total.